The van der Waals surface area contributed by atoms with Gasteiger partial charge >= 0.3 is 13.6 Å². The number of para-hydroxylation sites is 1. The van der Waals surface area contributed by atoms with Gasteiger partial charge in [-0.3, -0.25) is 4.57 Å². The largest absolute Gasteiger partial charge is 0.488 e. The fourth-order valence-corrected chi connectivity index (χ4v) is 1.75. The lowest BCUT2D eigenvalue weighted by atomic mass is 10.3. The fraction of sp³-hybridized carbons (Fsp3) is 0.100. The lowest BCUT2D eigenvalue weighted by molar-refractivity contribution is -0.133. The van der Waals surface area contributed by atoms with Crippen molar-refractivity contribution < 1.29 is 29.0 Å². The number of hydrogen-bond acceptors (Lipinski definition) is 3. The second kappa shape index (κ2) is 5.14. The minimum atomic E-state index is -4.44. The molecular formula is C10H11O6P. The summed E-state index contributed by atoms with van der Waals surface area (Å²) < 4.78 is 16.1. The van der Waals surface area contributed by atoms with E-state index in [0.29, 0.717) is 0 Å². The topological polar surface area (TPSA) is 104 Å². The van der Waals surface area contributed by atoms with Crippen molar-refractivity contribution in [2.45, 2.75) is 0 Å². The summed E-state index contributed by atoms with van der Waals surface area (Å²) in [5.41, 5.74) is -0.203. The number of carboxylic acid groups (broad SMARTS) is 1. The zero-order valence-electron chi connectivity index (χ0n) is 8.74. The summed E-state index contributed by atoms with van der Waals surface area (Å²) in [6, 6.07) is 5.55. The molecular weight excluding hydrogens is 247 g/mol. The monoisotopic (exact) mass is 258 g/mol. The first-order valence-corrected chi connectivity index (χ1v) is 6.12. The molecule has 1 rings (SSSR count). The van der Waals surface area contributed by atoms with E-state index in [-0.39, 0.29) is 23.2 Å². The molecule has 1 aromatic rings. The van der Waals surface area contributed by atoms with Crippen molar-refractivity contribution in [1.82, 2.24) is 0 Å². The Morgan fingerprint density at radius 3 is 2.47 bits per heavy atom. The van der Waals surface area contributed by atoms with Crippen molar-refractivity contribution in [3.8, 4) is 5.75 Å². The molecule has 0 spiro atoms. The second-order valence-electron chi connectivity index (χ2n) is 3.21. The molecule has 0 saturated heterocycles. The van der Waals surface area contributed by atoms with Gasteiger partial charge in [-0.15, -0.1) is 0 Å². The van der Waals surface area contributed by atoms with Gasteiger partial charge in [0.1, 0.15) is 17.7 Å². The molecule has 92 valence electrons. The van der Waals surface area contributed by atoms with Gasteiger partial charge < -0.3 is 19.6 Å². The molecule has 0 heterocycles. The first-order chi connectivity index (χ1) is 7.82. The molecule has 0 amide bonds. The van der Waals surface area contributed by atoms with E-state index in [1.807, 2.05) is 0 Å². The minimum Gasteiger partial charge on any atom is -0.488 e. The Bertz CT molecular complexity index is 489. The molecule has 0 saturated carbocycles. The zero-order valence-corrected chi connectivity index (χ0v) is 9.63. The van der Waals surface area contributed by atoms with E-state index in [1.54, 1.807) is 0 Å². The number of aliphatic carboxylic acids is 1. The molecule has 17 heavy (non-hydrogen) atoms. The summed E-state index contributed by atoms with van der Waals surface area (Å²) in [5, 5.41) is 8.28. The molecule has 3 N–H and O–H groups in total. The van der Waals surface area contributed by atoms with E-state index in [4.69, 9.17) is 19.6 Å². The van der Waals surface area contributed by atoms with E-state index < -0.39 is 13.6 Å². The van der Waals surface area contributed by atoms with Crippen LogP contribution < -0.4 is 10.0 Å². The third kappa shape index (κ3) is 3.71. The smallest absolute Gasteiger partial charge is 0.359 e. The average molecular weight is 258 g/mol. The molecule has 0 bridgehead atoms. The lowest BCUT2D eigenvalue weighted by Gasteiger charge is -2.11. The van der Waals surface area contributed by atoms with Crippen molar-refractivity contribution in [3.05, 3.63) is 36.4 Å². The molecule has 7 heteroatoms. The maximum absolute atomic E-state index is 11.1. The zero-order chi connectivity index (χ0) is 13.1. The van der Waals surface area contributed by atoms with Crippen LogP contribution in [-0.4, -0.2) is 27.5 Å². The summed E-state index contributed by atoms with van der Waals surface area (Å²) in [5.74, 6) is -1.28. The van der Waals surface area contributed by atoms with Gasteiger partial charge in [0.15, 0.2) is 0 Å². The van der Waals surface area contributed by atoms with Crippen LogP contribution in [0.4, 0.5) is 0 Å². The van der Waals surface area contributed by atoms with Gasteiger partial charge in [0, 0.05) is 0 Å². The maximum atomic E-state index is 11.1. The Kier molecular flexibility index (Phi) is 4.07. The van der Waals surface area contributed by atoms with Gasteiger partial charge in [0.05, 0.1) is 5.57 Å². The van der Waals surface area contributed by atoms with Crippen LogP contribution in [0.1, 0.15) is 0 Å². The van der Waals surface area contributed by atoms with Crippen LogP contribution in [0.2, 0.25) is 0 Å². The fourth-order valence-electron chi connectivity index (χ4n) is 1.05. The third-order valence-electron chi connectivity index (χ3n) is 1.88. The number of benzene rings is 1. The highest BCUT2D eigenvalue weighted by Gasteiger charge is 2.22. The van der Waals surface area contributed by atoms with Gasteiger partial charge in [0.2, 0.25) is 0 Å². The van der Waals surface area contributed by atoms with Gasteiger partial charge in [0.25, 0.3) is 0 Å². The van der Waals surface area contributed by atoms with E-state index in [0.717, 1.165) is 0 Å². The predicted octanol–water partition coefficient (Wildman–Crippen LogP) is 0.509. The molecule has 0 atom stereocenters. The van der Waals surface area contributed by atoms with Gasteiger partial charge in [-0.2, -0.15) is 0 Å². The normalized spacial score (nSPS) is 10.9. The van der Waals surface area contributed by atoms with E-state index in [1.165, 1.54) is 24.3 Å². The van der Waals surface area contributed by atoms with E-state index in [2.05, 4.69) is 6.58 Å². The molecule has 0 aliphatic rings. The lowest BCUT2D eigenvalue weighted by Crippen LogP contribution is -2.14. The van der Waals surface area contributed by atoms with Crippen molar-refractivity contribution in [1.29, 1.82) is 0 Å². The molecule has 0 radical (unpaired) electrons. The Morgan fingerprint density at radius 1 is 1.35 bits per heavy atom. The van der Waals surface area contributed by atoms with Crippen LogP contribution in [0.25, 0.3) is 0 Å². The van der Waals surface area contributed by atoms with Crippen LogP contribution in [0.5, 0.6) is 5.75 Å². The third-order valence-corrected chi connectivity index (χ3v) is 2.88. The predicted molar refractivity (Wildman–Crippen MR) is 60.4 cm³/mol. The first kappa shape index (κ1) is 13.4. The van der Waals surface area contributed by atoms with Gasteiger partial charge in [-0.25, -0.2) is 4.79 Å². The van der Waals surface area contributed by atoms with Crippen LogP contribution in [-0.2, 0) is 9.36 Å². The minimum absolute atomic E-state index is 0.0526. The van der Waals surface area contributed by atoms with Crippen molar-refractivity contribution in [2.24, 2.45) is 0 Å². The van der Waals surface area contributed by atoms with Crippen molar-refractivity contribution in [3.63, 3.8) is 0 Å². The van der Waals surface area contributed by atoms with E-state index >= 15 is 0 Å². The number of ether oxygens (including phenoxy) is 1. The Hall–Kier alpha value is -1.62. The summed E-state index contributed by atoms with van der Waals surface area (Å²) in [7, 11) is -4.44. The standard InChI is InChI=1S/C10H11O6P/c1-7(10(11)12)6-16-8-4-2-3-5-9(8)17(13,14)15/h2-5H,1,6H2,(H,11,12)(H2,13,14,15). The highest BCUT2D eigenvalue weighted by atomic mass is 31.2. The maximum Gasteiger partial charge on any atom is 0.359 e. The van der Waals surface area contributed by atoms with Gasteiger partial charge in [-0.05, 0) is 12.1 Å². The summed E-state index contributed by atoms with van der Waals surface area (Å²) in [6.45, 7) is 2.90. The molecule has 6 nitrogen and oxygen atoms in total. The number of rotatable bonds is 5. The second-order valence-corrected chi connectivity index (χ2v) is 4.78. The highest BCUT2D eigenvalue weighted by Crippen LogP contribution is 2.37. The molecule has 1 aromatic carbocycles. The Morgan fingerprint density at radius 2 is 1.94 bits per heavy atom. The number of carbonyl (C=O) groups is 1. The highest BCUT2D eigenvalue weighted by molar-refractivity contribution is 7.60. The van der Waals surface area contributed by atoms with Gasteiger partial charge in [-0.1, -0.05) is 18.7 Å². The van der Waals surface area contributed by atoms with Crippen molar-refractivity contribution in [2.75, 3.05) is 6.61 Å². The molecule has 0 aliphatic carbocycles. The average Bonchev–Trinajstić information content (AvgIpc) is 2.24. The summed E-state index contributed by atoms with van der Waals surface area (Å²) in [6.07, 6.45) is 0. The van der Waals surface area contributed by atoms with E-state index in [9.17, 15) is 9.36 Å². The Balaban J connectivity index is 2.89. The summed E-state index contributed by atoms with van der Waals surface area (Å²) >= 11 is 0. The van der Waals surface area contributed by atoms with Crippen molar-refractivity contribution >= 4 is 18.9 Å². The van der Waals surface area contributed by atoms with Crippen LogP contribution in [0.15, 0.2) is 36.4 Å². The molecule has 0 unspecified atom stereocenters. The summed E-state index contributed by atoms with van der Waals surface area (Å²) in [4.78, 5) is 28.5. The quantitative estimate of drug-likeness (QED) is 0.525. The van der Waals surface area contributed by atoms with Crippen LogP contribution in [0, 0.1) is 0 Å². The number of carboxylic acids is 1. The Labute approximate surface area is 97.3 Å². The molecule has 0 aliphatic heterocycles. The molecule has 0 fully saturated rings. The first-order valence-electron chi connectivity index (χ1n) is 4.51. The molecule has 0 aromatic heterocycles. The van der Waals surface area contributed by atoms with Crippen LogP contribution in [0.3, 0.4) is 0 Å². The number of hydrogen-bond donors (Lipinski definition) is 3. The SMILES string of the molecule is C=C(COc1ccccc1P(=O)(O)O)C(=O)O. The van der Waals surface area contributed by atoms with Crippen LogP contribution >= 0.6 is 7.60 Å².